The highest BCUT2D eigenvalue weighted by atomic mass is 32.2. The third-order valence-electron chi connectivity index (χ3n) is 3.25. The number of nitrogens with two attached hydrogens (primary N) is 1. The average molecular weight is 356 g/mol. The fourth-order valence-electron chi connectivity index (χ4n) is 2.21. The summed E-state index contributed by atoms with van der Waals surface area (Å²) in [6, 6.07) is 10.9. The second-order valence-electron chi connectivity index (χ2n) is 4.82. The maximum atomic E-state index is 9.57. The van der Waals surface area contributed by atoms with E-state index in [1.807, 2.05) is 6.07 Å². The Kier molecular flexibility index (Phi) is 6.61. The predicted molar refractivity (Wildman–Crippen MR) is 93.9 cm³/mol. The van der Waals surface area contributed by atoms with E-state index in [-0.39, 0.29) is 36.8 Å². The summed E-state index contributed by atoms with van der Waals surface area (Å²) in [4.78, 5) is 4.13. The normalized spacial score (nSPS) is 10.1. The Labute approximate surface area is 149 Å². The lowest BCUT2D eigenvalue weighted by Crippen LogP contribution is -2.04. The van der Waals surface area contributed by atoms with Gasteiger partial charge in [-0.15, -0.1) is 11.8 Å². The van der Waals surface area contributed by atoms with Crippen LogP contribution in [0.1, 0.15) is 11.1 Å². The van der Waals surface area contributed by atoms with Crippen molar-refractivity contribution >= 4 is 17.6 Å². The zero-order valence-corrected chi connectivity index (χ0v) is 14.1. The maximum absolute atomic E-state index is 9.57. The van der Waals surface area contributed by atoms with E-state index in [4.69, 9.17) is 20.7 Å². The van der Waals surface area contributed by atoms with Gasteiger partial charge >= 0.3 is 0 Å². The van der Waals surface area contributed by atoms with Gasteiger partial charge < -0.3 is 20.7 Å². The number of hydrogen-bond donors (Lipinski definition) is 3. The first-order chi connectivity index (χ1) is 12.2. The quantitative estimate of drug-likeness (QED) is 0.635. The van der Waals surface area contributed by atoms with Crippen LogP contribution < -0.4 is 10.5 Å². The molecule has 2 aromatic rings. The molecular formula is C17H16N4O3S. The summed E-state index contributed by atoms with van der Waals surface area (Å²) in [5.74, 6) is 0.963. The van der Waals surface area contributed by atoms with Crippen LogP contribution in [-0.4, -0.2) is 40.8 Å². The molecule has 8 heteroatoms. The molecule has 1 aromatic heterocycles. The van der Waals surface area contributed by atoms with Crippen molar-refractivity contribution in [1.82, 2.24) is 4.98 Å². The highest BCUT2D eigenvalue weighted by molar-refractivity contribution is 7.99. The lowest BCUT2D eigenvalue weighted by Gasteiger charge is -2.13. The van der Waals surface area contributed by atoms with E-state index in [9.17, 15) is 10.5 Å². The molecule has 2 rings (SSSR count). The lowest BCUT2D eigenvalue weighted by atomic mass is 9.97. The zero-order valence-electron chi connectivity index (χ0n) is 13.3. The van der Waals surface area contributed by atoms with Crippen LogP contribution in [0.5, 0.6) is 5.75 Å². The van der Waals surface area contributed by atoms with Crippen LogP contribution in [0.3, 0.4) is 0 Å². The number of rotatable bonds is 7. The molecule has 7 nitrogen and oxygen atoms in total. The van der Waals surface area contributed by atoms with Crippen LogP contribution in [0.15, 0.2) is 29.3 Å². The zero-order chi connectivity index (χ0) is 18.2. The van der Waals surface area contributed by atoms with Gasteiger partial charge in [0.05, 0.1) is 18.8 Å². The summed E-state index contributed by atoms with van der Waals surface area (Å²) < 4.78 is 5.31. The molecule has 0 spiro atoms. The first kappa shape index (κ1) is 18.6. The molecule has 0 fully saturated rings. The van der Waals surface area contributed by atoms with Crippen molar-refractivity contribution in [3.05, 3.63) is 35.4 Å². The Morgan fingerprint density at radius 1 is 1.08 bits per heavy atom. The van der Waals surface area contributed by atoms with Gasteiger partial charge in [0, 0.05) is 11.3 Å². The minimum Gasteiger partial charge on any atom is -0.491 e. The van der Waals surface area contributed by atoms with Crippen LogP contribution in [-0.2, 0) is 0 Å². The SMILES string of the molecule is N#Cc1c(N)nc(SCCO)c(C#N)c1-c1ccc(OCCO)cc1. The summed E-state index contributed by atoms with van der Waals surface area (Å²) in [5, 5.41) is 37.2. The number of pyridine rings is 1. The van der Waals surface area contributed by atoms with E-state index in [1.54, 1.807) is 24.3 Å². The minimum absolute atomic E-state index is 0.0394. The predicted octanol–water partition coefficient (Wildman–Crippen LogP) is 1.53. The van der Waals surface area contributed by atoms with Gasteiger partial charge in [0.25, 0.3) is 0 Å². The molecule has 0 unspecified atom stereocenters. The number of aromatic nitrogens is 1. The first-order valence-electron chi connectivity index (χ1n) is 7.37. The van der Waals surface area contributed by atoms with Gasteiger partial charge in [-0.2, -0.15) is 10.5 Å². The fraction of sp³-hybridized carbons (Fsp3) is 0.235. The summed E-state index contributed by atoms with van der Waals surface area (Å²) in [6.45, 7) is 0.0188. The Hall–Kier alpha value is -2.78. The molecule has 0 bridgehead atoms. The maximum Gasteiger partial charge on any atom is 0.143 e. The molecule has 1 aromatic carbocycles. The third-order valence-corrected chi connectivity index (χ3v) is 4.20. The van der Waals surface area contributed by atoms with Crippen LogP contribution in [0, 0.1) is 22.7 Å². The van der Waals surface area contributed by atoms with Crippen LogP contribution >= 0.6 is 11.8 Å². The second-order valence-corrected chi connectivity index (χ2v) is 5.90. The highest BCUT2D eigenvalue weighted by Crippen LogP contribution is 2.36. The third kappa shape index (κ3) is 4.20. The van der Waals surface area contributed by atoms with Crippen LogP contribution in [0.4, 0.5) is 5.82 Å². The van der Waals surface area contributed by atoms with E-state index in [0.717, 1.165) is 0 Å². The molecule has 0 radical (unpaired) electrons. The van der Waals surface area contributed by atoms with Crippen molar-refractivity contribution in [1.29, 1.82) is 10.5 Å². The molecule has 0 atom stereocenters. The number of anilines is 1. The van der Waals surface area contributed by atoms with Gasteiger partial charge in [0.2, 0.25) is 0 Å². The monoisotopic (exact) mass is 356 g/mol. The molecule has 4 N–H and O–H groups in total. The fourth-order valence-corrected chi connectivity index (χ4v) is 2.95. The Morgan fingerprint density at radius 2 is 1.76 bits per heavy atom. The van der Waals surface area contributed by atoms with E-state index in [2.05, 4.69) is 11.1 Å². The molecule has 0 aliphatic carbocycles. The van der Waals surface area contributed by atoms with Crippen molar-refractivity contribution < 1.29 is 14.9 Å². The van der Waals surface area contributed by atoms with Crippen molar-refractivity contribution in [2.24, 2.45) is 0 Å². The van der Waals surface area contributed by atoms with E-state index < -0.39 is 0 Å². The molecule has 128 valence electrons. The number of ether oxygens (including phenoxy) is 1. The lowest BCUT2D eigenvalue weighted by molar-refractivity contribution is 0.201. The van der Waals surface area contributed by atoms with Crippen molar-refractivity contribution in [3.63, 3.8) is 0 Å². The number of benzene rings is 1. The van der Waals surface area contributed by atoms with Crippen LogP contribution in [0.2, 0.25) is 0 Å². The summed E-state index contributed by atoms with van der Waals surface area (Å²) in [7, 11) is 0. The van der Waals surface area contributed by atoms with E-state index in [0.29, 0.717) is 27.7 Å². The molecule has 0 aliphatic heterocycles. The summed E-state index contributed by atoms with van der Waals surface area (Å²) in [5.41, 5.74) is 7.30. The van der Waals surface area contributed by atoms with E-state index >= 15 is 0 Å². The largest absolute Gasteiger partial charge is 0.491 e. The van der Waals surface area contributed by atoms with Crippen molar-refractivity contribution in [2.75, 3.05) is 31.3 Å². The molecule has 0 amide bonds. The van der Waals surface area contributed by atoms with E-state index in [1.165, 1.54) is 11.8 Å². The smallest absolute Gasteiger partial charge is 0.143 e. The topological polar surface area (TPSA) is 136 Å². The number of aliphatic hydroxyl groups is 2. The number of nitrogens with zero attached hydrogens (tertiary/aromatic N) is 3. The molecule has 1 heterocycles. The Morgan fingerprint density at radius 3 is 2.32 bits per heavy atom. The number of aliphatic hydroxyl groups excluding tert-OH is 2. The first-order valence-corrected chi connectivity index (χ1v) is 8.36. The standard InChI is InChI=1S/C17H16N4O3S/c18-9-13-15(11-1-3-12(4-2-11)24-7-5-22)14(10-19)17(21-16(13)20)25-8-6-23/h1-4,22-23H,5-8H2,(H2,20,21). The van der Waals surface area contributed by atoms with Gasteiger partial charge in [-0.3, -0.25) is 0 Å². The van der Waals surface area contributed by atoms with Gasteiger partial charge in [0.15, 0.2) is 0 Å². The molecular weight excluding hydrogens is 340 g/mol. The second kappa shape index (κ2) is 8.90. The number of thioether (sulfide) groups is 1. The average Bonchev–Trinajstić information content (AvgIpc) is 2.64. The van der Waals surface area contributed by atoms with Crippen molar-refractivity contribution in [3.8, 4) is 29.0 Å². The molecule has 0 aliphatic rings. The molecule has 25 heavy (non-hydrogen) atoms. The Balaban J connectivity index is 2.56. The van der Waals surface area contributed by atoms with Crippen LogP contribution in [0.25, 0.3) is 11.1 Å². The van der Waals surface area contributed by atoms with Gasteiger partial charge in [-0.1, -0.05) is 12.1 Å². The molecule has 0 saturated carbocycles. The number of nitrogen functional groups attached to an aromatic ring is 1. The highest BCUT2D eigenvalue weighted by Gasteiger charge is 2.20. The minimum atomic E-state index is -0.0920. The Bertz CT molecular complexity index is 826. The van der Waals surface area contributed by atoms with Crippen molar-refractivity contribution in [2.45, 2.75) is 5.03 Å². The molecule has 0 saturated heterocycles. The van der Waals surface area contributed by atoms with Gasteiger partial charge in [-0.05, 0) is 17.7 Å². The summed E-state index contributed by atoms with van der Waals surface area (Å²) in [6.07, 6.45) is 0. The number of nitriles is 2. The number of hydrogen-bond acceptors (Lipinski definition) is 8. The van der Waals surface area contributed by atoms with Gasteiger partial charge in [0.1, 0.15) is 40.9 Å². The summed E-state index contributed by atoms with van der Waals surface area (Å²) >= 11 is 1.20. The van der Waals surface area contributed by atoms with Gasteiger partial charge in [-0.25, -0.2) is 4.98 Å².